The quantitative estimate of drug-likeness (QED) is 0.729. The van der Waals surface area contributed by atoms with E-state index >= 15 is 0 Å². The Morgan fingerprint density at radius 3 is 2.68 bits per heavy atom. The monoisotopic (exact) mass is 275 g/mol. The second-order valence-corrected chi connectivity index (χ2v) is 5.16. The van der Waals surface area contributed by atoms with Crippen LogP contribution in [0.15, 0.2) is 36.7 Å². The first kappa shape index (κ1) is 13.9. The van der Waals surface area contributed by atoms with E-state index in [9.17, 15) is 0 Å². The van der Waals surface area contributed by atoms with Crippen molar-refractivity contribution in [1.29, 1.82) is 0 Å². The smallest absolute Gasteiger partial charge is 0.134 e. The average Bonchev–Trinajstić information content (AvgIpc) is 2.39. The summed E-state index contributed by atoms with van der Waals surface area (Å²) >= 11 is 5.88. The van der Waals surface area contributed by atoms with Crippen molar-refractivity contribution in [2.75, 3.05) is 0 Å². The lowest BCUT2D eigenvalue weighted by Gasteiger charge is -2.13. The number of aryl methyl sites for hydroxylation is 1. The van der Waals surface area contributed by atoms with Crippen LogP contribution in [-0.4, -0.2) is 4.98 Å². The molecule has 0 fully saturated rings. The van der Waals surface area contributed by atoms with Crippen LogP contribution in [0.4, 0.5) is 0 Å². The predicted molar refractivity (Wildman–Crippen MR) is 79.1 cm³/mol. The van der Waals surface area contributed by atoms with Crippen molar-refractivity contribution in [2.45, 2.75) is 32.6 Å². The van der Waals surface area contributed by atoms with Crippen molar-refractivity contribution >= 4 is 11.6 Å². The van der Waals surface area contributed by atoms with Crippen LogP contribution in [-0.2, 0) is 5.88 Å². The number of ether oxygens (including phenoxy) is 1. The molecule has 1 heterocycles. The third-order valence-corrected chi connectivity index (χ3v) is 3.38. The van der Waals surface area contributed by atoms with E-state index in [4.69, 9.17) is 16.3 Å². The van der Waals surface area contributed by atoms with Gasteiger partial charge in [0.2, 0.25) is 0 Å². The highest BCUT2D eigenvalue weighted by molar-refractivity contribution is 6.17. The molecule has 1 aromatic carbocycles. The van der Waals surface area contributed by atoms with E-state index in [1.165, 1.54) is 11.1 Å². The number of aromatic nitrogens is 1. The largest absolute Gasteiger partial charge is 0.457 e. The van der Waals surface area contributed by atoms with Crippen LogP contribution in [0.2, 0.25) is 0 Å². The second-order valence-electron chi connectivity index (χ2n) is 4.89. The predicted octanol–water partition coefficient (Wildman–Crippen LogP) is 5.04. The first-order valence-electron chi connectivity index (χ1n) is 6.39. The van der Waals surface area contributed by atoms with E-state index in [0.29, 0.717) is 11.8 Å². The zero-order valence-electron chi connectivity index (χ0n) is 11.5. The molecule has 0 aliphatic rings. The number of pyridine rings is 1. The average molecular weight is 276 g/mol. The fourth-order valence-electron chi connectivity index (χ4n) is 2.10. The van der Waals surface area contributed by atoms with E-state index in [2.05, 4.69) is 37.9 Å². The minimum absolute atomic E-state index is 0.395. The lowest BCUT2D eigenvalue weighted by atomic mass is 9.98. The first-order valence-corrected chi connectivity index (χ1v) is 6.92. The Hall–Kier alpha value is -1.54. The number of halogens is 1. The van der Waals surface area contributed by atoms with E-state index in [1.807, 2.05) is 12.1 Å². The summed E-state index contributed by atoms with van der Waals surface area (Å²) in [5, 5.41) is 0. The number of nitrogens with zero attached hydrogens (tertiary/aromatic N) is 1. The van der Waals surface area contributed by atoms with E-state index in [0.717, 1.165) is 17.1 Å². The van der Waals surface area contributed by atoms with Gasteiger partial charge >= 0.3 is 0 Å². The summed E-state index contributed by atoms with van der Waals surface area (Å²) < 4.78 is 5.89. The summed E-state index contributed by atoms with van der Waals surface area (Å²) in [4.78, 5) is 4.05. The van der Waals surface area contributed by atoms with Crippen molar-refractivity contribution in [3.63, 3.8) is 0 Å². The van der Waals surface area contributed by atoms with Crippen LogP contribution in [0.25, 0.3) is 0 Å². The molecule has 0 unspecified atom stereocenters. The maximum Gasteiger partial charge on any atom is 0.134 e. The summed E-state index contributed by atoms with van der Waals surface area (Å²) in [5.41, 5.74) is 3.49. The Labute approximate surface area is 119 Å². The molecule has 3 heteroatoms. The summed E-state index contributed by atoms with van der Waals surface area (Å²) in [5.74, 6) is 2.52. The highest BCUT2D eigenvalue weighted by Crippen LogP contribution is 2.29. The van der Waals surface area contributed by atoms with E-state index in [-0.39, 0.29) is 0 Å². The van der Waals surface area contributed by atoms with Gasteiger partial charge < -0.3 is 4.74 Å². The number of alkyl halides is 1. The topological polar surface area (TPSA) is 22.1 Å². The SMILES string of the molecule is Cc1cc(Oc2ccncc2CCl)ccc1C(C)C. The molecule has 19 heavy (non-hydrogen) atoms. The van der Waals surface area contributed by atoms with Crippen LogP contribution in [0, 0.1) is 6.92 Å². The van der Waals surface area contributed by atoms with Gasteiger partial charge in [-0.15, -0.1) is 11.6 Å². The van der Waals surface area contributed by atoms with Gasteiger partial charge in [0.1, 0.15) is 11.5 Å². The Morgan fingerprint density at radius 2 is 2.05 bits per heavy atom. The van der Waals surface area contributed by atoms with Crippen molar-refractivity contribution in [2.24, 2.45) is 0 Å². The molecule has 2 nitrogen and oxygen atoms in total. The lowest BCUT2D eigenvalue weighted by molar-refractivity contribution is 0.476. The van der Waals surface area contributed by atoms with E-state index in [1.54, 1.807) is 12.4 Å². The van der Waals surface area contributed by atoms with Crippen molar-refractivity contribution in [1.82, 2.24) is 4.98 Å². The normalized spacial score (nSPS) is 10.8. The van der Waals surface area contributed by atoms with Gasteiger partial charge in [0, 0.05) is 18.0 Å². The number of benzene rings is 1. The molecule has 0 aliphatic carbocycles. The number of rotatable bonds is 4. The fourth-order valence-corrected chi connectivity index (χ4v) is 2.30. The van der Waals surface area contributed by atoms with Gasteiger partial charge in [0.25, 0.3) is 0 Å². The maximum absolute atomic E-state index is 5.89. The Kier molecular flexibility index (Phi) is 4.43. The van der Waals surface area contributed by atoms with Crippen LogP contribution >= 0.6 is 11.6 Å². The molecule has 100 valence electrons. The van der Waals surface area contributed by atoms with Crippen molar-refractivity contribution in [3.8, 4) is 11.5 Å². The van der Waals surface area contributed by atoms with Crippen LogP contribution in [0.5, 0.6) is 11.5 Å². The van der Waals surface area contributed by atoms with Gasteiger partial charge in [0.05, 0.1) is 5.88 Å². The van der Waals surface area contributed by atoms with Crippen LogP contribution in [0.3, 0.4) is 0 Å². The first-order chi connectivity index (χ1) is 9.11. The molecule has 0 amide bonds. The highest BCUT2D eigenvalue weighted by atomic mass is 35.5. The van der Waals surface area contributed by atoms with Gasteiger partial charge in [-0.1, -0.05) is 19.9 Å². The van der Waals surface area contributed by atoms with Crippen molar-refractivity contribution < 1.29 is 4.74 Å². The van der Waals surface area contributed by atoms with Gasteiger partial charge in [-0.3, -0.25) is 4.98 Å². The zero-order valence-corrected chi connectivity index (χ0v) is 12.2. The van der Waals surface area contributed by atoms with Crippen LogP contribution < -0.4 is 4.74 Å². The molecule has 0 atom stereocenters. The minimum Gasteiger partial charge on any atom is -0.457 e. The minimum atomic E-state index is 0.395. The van der Waals surface area contributed by atoms with Crippen LogP contribution in [0.1, 0.15) is 36.5 Å². The Balaban J connectivity index is 2.26. The van der Waals surface area contributed by atoms with Gasteiger partial charge in [-0.05, 0) is 42.2 Å². The molecule has 1 aromatic heterocycles. The molecule has 0 saturated carbocycles. The second kappa shape index (κ2) is 6.07. The molecule has 0 radical (unpaired) electrons. The Bertz CT molecular complexity index is 566. The molecule has 0 N–H and O–H groups in total. The molecular formula is C16H18ClNO. The third-order valence-electron chi connectivity index (χ3n) is 3.09. The highest BCUT2D eigenvalue weighted by Gasteiger charge is 2.07. The molecule has 0 spiro atoms. The fraction of sp³-hybridized carbons (Fsp3) is 0.312. The molecule has 0 saturated heterocycles. The molecule has 2 aromatic rings. The lowest BCUT2D eigenvalue weighted by Crippen LogP contribution is -1.94. The third kappa shape index (κ3) is 3.27. The molecule has 0 aliphatic heterocycles. The van der Waals surface area contributed by atoms with Gasteiger partial charge in [-0.25, -0.2) is 0 Å². The van der Waals surface area contributed by atoms with Crippen molar-refractivity contribution in [3.05, 3.63) is 53.3 Å². The van der Waals surface area contributed by atoms with Gasteiger partial charge in [-0.2, -0.15) is 0 Å². The standard InChI is InChI=1S/C16H18ClNO/c1-11(2)15-5-4-14(8-12(15)3)19-16-6-7-18-10-13(16)9-17/h4-8,10-11H,9H2,1-3H3. The zero-order chi connectivity index (χ0) is 13.8. The maximum atomic E-state index is 5.89. The van der Waals surface area contributed by atoms with E-state index < -0.39 is 0 Å². The molecule has 0 bridgehead atoms. The number of hydrogen-bond donors (Lipinski definition) is 0. The van der Waals surface area contributed by atoms with Gasteiger partial charge in [0.15, 0.2) is 0 Å². The molecular weight excluding hydrogens is 258 g/mol. The summed E-state index contributed by atoms with van der Waals surface area (Å²) in [6.45, 7) is 6.49. The molecule has 2 rings (SSSR count). The summed E-state index contributed by atoms with van der Waals surface area (Å²) in [6.07, 6.45) is 3.44. The number of hydrogen-bond acceptors (Lipinski definition) is 2. The summed E-state index contributed by atoms with van der Waals surface area (Å²) in [6, 6.07) is 8.02. The summed E-state index contributed by atoms with van der Waals surface area (Å²) in [7, 11) is 0. The Morgan fingerprint density at radius 1 is 1.26 bits per heavy atom.